The fourth-order valence-corrected chi connectivity index (χ4v) is 4.44. The molecule has 2 saturated heterocycles. The van der Waals surface area contributed by atoms with E-state index < -0.39 is 0 Å². The molecule has 0 aromatic heterocycles. The lowest BCUT2D eigenvalue weighted by atomic mass is 10.1. The van der Waals surface area contributed by atoms with Crippen LogP contribution in [0.15, 0.2) is 24.3 Å². The summed E-state index contributed by atoms with van der Waals surface area (Å²) in [6.07, 6.45) is 34.0. The lowest BCUT2D eigenvalue weighted by Gasteiger charge is -2.18. The summed E-state index contributed by atoms with van der Waals surface area (Å²) in [5.74, 6) is 0. The van der Waals surface area contributed by atoms with Crippen molar-refractivity contribution in [1.29, 1.82) is 0 Å². The van der Waals surface area contributed by atoms with Crippen LogP contribution >= 0.6 is 0 Å². The highest BCUT2D eigenvalue weighted by atomic mass is 16.6. The molecule has 2 aliphatic heterocycles. The van der Waals surface area contributed by atoms with Crippen LogP contribution in [0.1, 0.15) is 129 Å². The largest absolute Gasteiger partial charge is 0.370 e. The molecule has 2 fully saturated rings. The second kappa shape index (κ2) is 19.6. The van der Waals surface area contributed by atoms with E-state index in [2.05, 4.69) is 38.2 Å². The van der Waals surface area contributed by atoms with Crippen LogP contribution in [-0.2, 0) is 14.2 Å². The van der Waals surface area contributed by atoms with Crippen molar-refractivity contribution in [2.24, 2.45) is 0 Å². The first kappa shape index (κ1) is 28.6. The number of epoxide rings is 2. The van der Waals surface area contributed by atoms with Crippen LogP contribution in [0, 0.1) is 0 Å². The van der Waals surface area contributed by atoms with Crippen molar-refractivity contribution in [2.75, 3.05) is 13.2 Å². The van der Waals surface area contributed by atoms with Gasteiger partial charge >= 0.3 is 0 Å². The van der Waals surface area contributed by atoms with Crippen molar-refractivity contribution in [3.05, 3.63) is 24.3 Å². The summed E-state index contributed by atoms with van der Waals surface area (Å²) < 4.78 is 17.6. The molecule has 0 saturated carbocycles. The molecule has 192 valence electrons. The Morgan fingerprint density at radius 1 is 0.576 bits per heavy atom. The lowest BCUT2D eigenvalue weighted by molar-refractivity contribution is 0.0113. The van der Waals surface area contributed by atoms with Gasteiger partial charge in [-0.25, -0.2) is 0 Å². The smallest absolute Gasteiger partial charge is 0.111 e. The second-order valence-electron chi connectivity index (χ2n) is 10.2. The SMILES string of the molecule is CCCCCCCCCC/C=C/C(OC(/C=C/CCCCCCCCCC)C1CO1)C1CO1. The molecule has 0 aliphatic carbocycles. The Morgan fingerprint density at radius 2 is 0.909 bits per heavy atom. The summed E-state index contributed by atoms with van der Waals surface area (Å²) >= 11 is 0. The van der Waals surface area contributed by atoms with E-state index in [1.807, 2.05) is 0 Å². The average molecular weight is 463 g/mol. The monoisotopic (exact) mass is 462 g/mol. The van der Waals surface area contributed by atoms with E-state index in [9.17, 15) is 0 Å². The number of rotatable bonds is 24. The third-order valence-electron chi connectivity index (χ3n) is 6.87. The Morgan fingerprint density at radius 3 is 1.24 bits per heavy atom. The summed E-state index contributed by atoms with van der Waals surface area (Å²) in [6, 6.07) is 0. The summed E-state index contributed by atoms with van der Waals surface area (Å²) in [4.78, 5) is 0. The maximum Gasteiger partial charge on any atom is 0.111 e. The highest BCUT2D eigenvalue weighted by Crippen LogP contribution is 2.26. The Kier molecular flexibility index (Phi) is 17.0. The molecule has 4 unspecified atom stereocenters. The lowest BCUT2D eigenvalue weighted by Crippen LogP contribution is -2.27. The molecule has 0 aromatic rings. The number of ether oxygens (including phenoxy) is 3. The fraction of sp³-hybridized carbons (Fsp3) is 0.867. The van der Waals surface area contributed by atoms with Crippen molar-refractivity contribution >= 4 is 0 Å². The minimum Gasteiger partial charge on any atom is -0.370 e. The molecule has 3 heteroatoms. The topological polar surface area (TPSA) is 34.3 Å². The molecule has 0 N–H and O–H groups in total. The van der Waals surface area contributed by atoms with E-state index in [0.29, 0.717) is 0 Å². The van der Waals surface area contributed by atoms with E-state index in [1.54, 1.807) is 0 Å². The Labute approximate surface area is 205 Å². The molecule has 0 amide bonds. The molecule has 33 heavy (non-hydrogen) atoms. The number of unbranched alkanes of at least 4 members (excludes halogenated alkanes) is 16. The van der Waals surface area contributed by atoms with Crippen molar-refractivity contribution in [3.8, 4) is 0 Å². The Hall–Kier alpha value is -0.640. The highest BCUT2D eigenvalue weighted by Gasteiger charge is 2.38. The van der Waals surface area contributed by atoms with Crippen LogP contribution < -0.4 is 0 Å². The molecule has 2 rings (SSSR count). The van der Waals surface area contributed by atoms with Crippen LogP contribution in [0.4, 0.5) is 0 Å². The van der Waals surface area contributed by atoms with Gasteiger partial charge < -0.3 is 14.2 Å². The third kappa shape index (κ3) is 15.8. The average Bonchev–Trinajstić information content (AvgIpc) is 3.72. The van der Waals surface area contributed by atoms with Gasteiger partial charge in [-0.15, -0.1) is 0 Å². The van der Waals surface area contributed by atoms with E-state index >= 15 is 0 Å². The summed E-state index contributed by atoms with van der Waals surface area (Å²) in [7, 11) is 0. The zero-order valence-corrected chi connectivity index (χ0v) is 22.0. The van der Waals surface area contributed by atoms with Crippen molar-refractivity contribution in [1.82, 2.24) is 0 Å². The predicted octanol–water partition coefficient (Wildman–Crippen LogP) is 8.71. The van der Waals surface area contributed by atoms with Gasteiger partial charge in [0.25, 0.3) is 0 Å². The van der Waals surface area contributed by atoms with E-state index in [1.165, 1.54) is 103 Å². The van der Waals surface area contributed by atoms with E-state index in [0.717, 1.165) is 26.1 Å². The number of hydrogen-bond donors (Lipinski definition) is 0. The quantitative estimate of drug-likeness (QED) is 0.0817. The molecule has 0 spiro atoms. The molecular formula is C30H54O3. The molecule has 2 aliphatic rings. The van der Waals surface area contributed by atoms with Gasteiger partial charge in [0.1, 0.15) is 24.4 Å². The first-order valence-electron chi connectivity index (χ1n) is 14.6. The van der Waals surface area contributed by atoms with Gasteiger partial charge in [-0.1, -0.05) is 128 Å². The number of allylic oxidation sites excluding steroid dienone is 2. The Bertz CT molecular complexity index is 449. The highest BCUT2D eigenvalue weighted by molar-refractivity contribution is 5.03. The molecule has 4 atom stereocenters. The molecule has 3 nitrogen and oxygen atoms in total. The second-order valence-corrected chi connectivity index (χ2v) is 10.2. The van der Waals surface area contributed by atoms with Crippen LogP contribution in [0.5, 0.6) is 0 Å². The van der Waals surface area contributed by atoms with Gasteiger partial charge in [0.05, 0.1) is 13.2 Å². The van der Waals surface area contributed by atoms with Crippen LogP contribution in [-0.4, -0.2) is 37.6 Å². The van der Waals surface area contributed by atoms with E-state index in [-0.39, 0.29) is 24.4 Å². The van der Waals surface area contributed by atoms with Crippen LogP contribution in [0.25, 0.3) is 0 Å². The normalized spacial score (nSPS) is 21.8. The first-order valence-corrected chi connectivity index (χ1v) is 14.6. The standard InChI is InChI=1S/C30H54O3/c1-3-5-7-9-11-13-15-17-19-21-23-27(29-25-31-29)33-28(30-26-32-30)24-22-20-18-16-14-12-10-8-6-4-2/h21-24,27-30H,3-20,25-26H2,1-2H3/b23-21+,24-22+. The van der Waals surface area contributed by atoms with Crippen molar-refractivity contribution in [2.45, 2.75) is 154 Å². The van der Waals surface area contributed by atoms with Crippen LogP contribution in [0.3, 0.4) is 0 Å². The number of hydrogen-bond acceptors (Lipinski definition) is 3. The van der Waals surface area contributed by atoms with Crippen molar-refractivity contribution < 1.29 is 14.2 Å². The van der Waals surface area contributed by atoms with Crippen LogP contribution in [0.2, 0.25) is 0 Å². The summed E-state index contributed by atoms with van der Waals surface area (Å²) in [6.45, 7) is 6.22. The molecule has 0 bridgehead atoms. The summed E-state index contributed by atoms with van der Waals surface area (Å²) in [5, 5.41) is 0. The maximum atomic E-state index is 6.44. The van der Waals surface area contributed by atoms with Gasteiger partial charge in [0.2, 0.25) is 0 Å². The minimum absolute atomic E-state index is 0.0704. The zero-order chi connectivity index (χ0) is 23.4. The van der Waals surface area contributed by atoms with Gasteiger partial charge in [-0.2, -0.15) is 0 Å². The van der Waals surface area contributed by atoms with Gasteiger partial charge in [0, 0.05) is 0 Å². The summed E-state index contributed by atoms with van der Waals surface area (Å²) in [5.41, 5.74) is 0. The molecular weight excluding hydrogens is 408 g/mol. The fourth-order valence-electron chi connectivity index (χ4n) is 4.44. The minimum atomic E-state index is 0.0704. The van der Waals surface area contributed by atoms with Crippen molar-refractivity contribution in [3.63, 3.8) is 0 Å². The molecule has 2 heterocycles. The third-order valence-corrected chi connectivity index (χ3v) is 6.87. The predicted molar refractivity (Wildman–Crippen MR) is 141 cm³/mol. The first-order chi connectivity index (χ1) is 16.3. The van der Waals surface area contributed by atoms with E-state index in [4.69, 9.17) is 14.2 Å². The zero-order valence-electron chi connectivity index (χ0n) is 22.0. The molecule has 0 radical (unpaired) electrons. The Balaban J connectivity index is 1.56. The van der Waals surface area contributed by atoms with Gasteiger partial charge in [-0.05, 0) is 25.7 Å². The van der Waals surface area contributed by atoms with Gasteiger partial charge in [-0.3, -0.25) is 0 Å². The molecule has 0 aromatic carbocycles. The maximum absolute atomic E-state index is 6.44. The van der Waals surface area contributed by atoms with Gasteiger partial charge in [0.15, 0.2) is 0 Å².